The van der Waals surface area contributed by atoms with Crippen molar-refractivity contribution >= 4 is 21.8 Å². The molecule has 5 heteroatoms. The predicted octanol–water partition coefficient (Wildman–Crippen LogP) is 1.68. The Labute approximate surface area is 115 Å². The van der Waals surface area contributed by atoms with E-state index in [1.54, 1.807) is 6.07 Å². The Bertz CT molecular complexity index is 423. The van der Waals surface area contributed by atoms with Crippen LogP contribution in [0.4, 0.5) is 0 Å². The Morgan fingerprint density at radius 2 is 2.11 bits per heavy atom. The van der Waals surface area contributed by atoms with Gasteiger partial charge in [-0.2, -0.15) is 0 Å². The number of halogens is 1. The highest BCUT2D eigenvalue weighted by atomic mass is 79.9. The van der Waals surface area contributed by atoms with Crippen molar-refractivity contribution in [2.75, 3.05) is 6.54 Å². The van der Waals surface area contributed by atoms with Gasteiger partial charge in [-0.05, 0) is 30.5 Å². The summed E-state index contributed by atoms with van der Waals surface area (Å²) in [4.78, 5) is 10.7. The molecule has 100 valence electrons. The molecule has 1 amide bonds. The van der Waals surface area contributed by atoms with Crippen molar-refractivity contribution in [3.05, 3.63) is 33.8 Å². The summed E-state index contributed by atoms with van der Waals surface area (Å²) in [6, 6.07) is 5.44. The molecule has 1 aromatic carbocycles. The van der Waals surface area contributed by atoms with Crippen molar-refractivity contribution in [1.82, 2.24) is 5.32 Å². The lowest BCUT2D eigenvalue weighted by atomic mass is 10.0. The molecular weight excluding hydrogens is 298 g/mol. The summed E-state index contributed by atoms with van der Waals surface area (Å²) in [7, 11) is 0. The van der Waals surface area contributed by atoms with Crippen LogP contribution < -0.4 is 5.32 Å². The Kier molecular flexibility index (Phi) is 5.78. The average molecular weight is 316 g/mol. The van der Waals surface area contributed by atoms with Crippen LogP contribution in [0.3, 0.4) is 0 Å². The molecule has 4 nitrogen and oxygen atoms in total. The van der Waals surface area contributed by atoms with Gasteiger partial charge in [-0.1, -0.05) is 28.1 Å². The first-order chi connectivity index (χ1) is 8.41. The summed E-state index contributed by atoms with van der Waals surface area (Å²) in [5.41, 5.74) is 1.67. The van der Waals surface area contributed by atoms with E-state index in [0.717, 1.165) is 10.0 Å². The SMILES string of the molecule is CC(=O)NCCC(O)C(O)c1ccc(Br)c(C)c1. The summed E-state index contributed by atoms with van der Waals surface area (Å²) in [6.07, 6.45) is -1.52. The molecule has 0 heterocycles. The largest absolute Gasteiger partial charge is 0.390 e. The molecule has 0 aliphatic heterocycles. The number of aryl methyl sites for hydroxylation is 1. The molecule has 0 saturated carbocycles. The summed E-state index contributed by atoms with van der Waals surface area (Å²) >= 11 is 3.38. The molecule has 3 N–H and O–H groups in total. The monoisotopic (exact) mass is 315 g/mol. The second-order valence-electron chi connectivity index (χ2n) is 4.29. The second-order valence-corrected chi connectivity index (χ2v) is 5.15. The Morgan fingerprint density at radius 3 is 2.67 bits per heavy atom. The van der Waals surface area contributed by atoms with Crippen molar-refractivity contribution in [3.8, 4) is 0 Å². The van der Waals surface area contributed by atoms with Crippen molar-refractivity contribution < 1.29 is 15.0 Å². The summed E-state index contributed by atoms with van der Waals surface area (Å²) in [5.74, 6) is -0.142. The van der Waals surface area contributed by atoms with Crippen LogP contribution in [-0.4, -0.2) is 28.8 Å². The Hall–Kier alpha value is -0.910. The molecule has 0 aliphatic carbocycles. The zero-order valence-corrected chi connectivity index (χ0v) is 12.1. The summed E-state index contributed by atoms with van der Waals surface area (Å²) in [5, 5.41) is 22.4. The zero-order valence-electron chi connectivity index (χ0n) is 10.5. The first-order valence-electron chi connectivity index (χ1n) is 5.78. The minimum Gasteiger partial charge on any atom is -0.390 e. The van der Waals surface area contributed by atoms with E-state index in [2.05, 4.69) is 21.2 Å². The smallest absolute Gasteiger partial charge is 0.216 e. The zero-order chi connectivity index (χ0) is 13.7. The number of nitrogens with one attached hydrogen (secondary N) is 1. The highest BCUT2D eigenvalue weighted by molar-refractivity contribution is 9.10. The minimum atomic E-state index is -0.939. The van der Waals surface area contributed by atoms with Gasteiger partial charge in [-0.25, -0.2) is 0 Å². The maximum Gasteiger partial charge on any atom is 0.216 e. The van der Waals surface area contributed by atoms with Crippen LogP contribution in [0.15, 0.2) is 22.7 Å². The lowest BCUT2D eigenvalue weighted by Gasteiger charge is -2.19. The fraction of sp³-hybridized carbons (Fsp3) is 0.462. The molecule has 2 atom stereocenters. The molecule has 0 fully saturated rings. The molecular formula is C13H18BrNO3. The van der Waals surface area contributed by atoms with Gasteiger partial charge < -0.3 is 15.5 Å². The van der Waals surface area contributed by atoms with E-state index >= 15 is 0 Å². The Balaban J connectivity index is 2.59. The third-order valence-electron chi connectivity index (χ3n) is 2.70. The maximum absolute atomic E-state index is 10.7. The Morgan fingerprint density at radius 1 is 1.44 bits per heavy atom. The number of amides is 1. The quantitative estimate of drug-likeness (QED) is 0.774. The number of hydrogen-bond donors (Lipinski definition) is 3. The van der Waals surface area contributed by atoms with Crippen LogP contribution in [0.1, 0.15) is 30.6 Å². The molecule has 1 aromatic rings. The first kappa shape index (κ1) is 15.1. The van der Waals surface area contributed by atoms with Gasteiger partial charge in [0.2, 0.25) is 5.91 Å². The molecule has 0 aromatic heterocycles. The van der Waals surface area contributed by atoms with Crippen molar-refractivity contribution in [2.45, 2.75) is 32.5 Å². The third kappa shape index (κ3) is 4.40. The van der Waals surface area contributed by atoms with Crippen molar-refractivity contribution in [2.24, 2.45) is 0 Å². The van der Waals surface area contributed by atoms with E-state index in [1.807, 2.05) is 19.1 Å². The van der Waals surface area contributed by atoms with Gasteiger partial charge in [-0.15, -0.1) is 0 Å². The van der Waals surface area contributed by atoms with Gasteiger partial charge in [0.05, 0.1) is 6.10 Å². The number of carbonyl (C=O) groups is 1. The lowest BCUT2D eigenvalue weighted by molar-refractivity contribution is -0.119. The average Bonchev–Trinajstić information content (AvgIpc) is 2.31. The molecule has 1 rings (SSSR count). The highest BCUT2D eigenvalue weighted by Gasteiger charge is 2.18. The molecule has 0 spiro atoms. The molecule has 0 aliphatic rings. The minimum absolute atomic E-state index is 0.142. The van der Waals surface area contributed by atoms with Gasteiger partial charge in [0.1, 0.15) is 6.10 Å². The van der Waals surface area contributed by atoms with Crippen LogP contribution in [0.2, 0.25) is 0 Å². The second kappa shape index (κ2) is 6.87. The highest BCUT2D eigenvalue weighted by Crippen LogP contribution is 2.24. The van der Waals surface area contributed by atoms with Gasteiger partial charge in [-0.3, -0.25) is 4.79 Å². The number of aliphatic hydroxyl groups excluding tert-OH is 2. The van der Waals surface area contributed by atoms with E-state index in [-0.39, 0.29) is 5.91 Å². The summed E-state index contributed by atoms with van der Waals surface area (Å²) < 4.78 is 0.964. The van der Waals surface area contributed by atoms with Gasteiger partial charge in [0, 0.05) is 17.9 Å². The lowest BCUT2D eigenvalue weighted by Crippen LogP contribution is -2.27. The van der Waals surface area contributed by atoms with Crippen molar-refractivity contribution in [3.63, 3.8) is 0 Å². The van der Waals surface area contributed by atoms with E-state index in [0.29, 0.717) is 18.5 Å². The molecule has 0 saturated heterocycles. The molecule has 2 unspecified atom stereocenters. The van der Waals surface area contributed by atoms with Crippen LogP contribution >= 0.6 is 15.9 Å². The van der Waals surface area contributed by atoms with E-state index in [4.69, 9.17) is 0 Å². The molecule has 18 heavy (non-hydrogen) atoms. The van der Waals surface area contributed by atoms with E-state index in [9.17, 15) is 15.0 Å². The number of carbonyl (C=O) groups excluding carboxylic acids is 1. The standard InChI is InChI=1S/C13H18BrNO3/c1-8-7-10(3-4-11(8)14)13(18)12(17)5-6-15-9(2)16/h3-4,7,12-13,17-18H,5-6H2,1-2H3,(H,15,16). The van der Waals surface area contributed by atoms with Crippen LogP contribution in [0.5, 0.6) is 0 Å². The van der Waals surface area contributed by atoms with Crippen LogP contribution in [0.25, 0.3) is 0 Å². The van der Waals surface area contributed by atoms with Crippen molar-refractivity contribution in [1.29, 1.82) is 0 Å². The maximum atomic E-state index is 10.7. The third-order valence-corrected chi connectivity index (χ3v) is 3.59. The topological polar surface area (TPSA) is 69.6 Å². The fourth-order valence-electron chi connectivity index (χ4n) is 1.63. The predicted molar refractivity (Wildman–Crippen MR) is 73.1 cm³/mol. The first-order valence-corrected chi connectivity index (χ1v) is 6.57. The summed E-state index contributed by atoms with van der Waals surface area (Å²) in [6.45, 7) is 3.69. The van der Waals surface area contributed by atoms with Crippen LogP contribution in [-0.2, 0) is 4.79 Å². The molecule has 0 radical (unpaired) electrons. The number of benzene rings is 1. The molecule has 0 bridgehead atoms. The van der Waals surface area contributed by atoms with Gasteiger partial charge in [0.15, 0.2) is 0 Å². The number of aliphatic hydroxyl groups is 2. The van der Waals surface area contributed by atoms with E-state index < -0.39 is 12.2 Å². The number of rotatable bonds is 5. The van der Waals surface area contributed by atoms with Gasteiger partial charge >= 0.3 is 0 Å². The fourth-order valence-corrected chi connectivity index (χ4v) is 1.87. The van der Waals surface area contributed by atoms with E-state index in [1.165, 1.54) is 6.92 Å². The number of hydrogen-bond acceptors (Lipinski definition) is 3. The van der Waals surface area contributed by atoms with Gasteiger partial charge in [0.25, 0.3) is 0 Å². The van der Waals surface area contributed by atoms with Crippen LogP contribution in [0, 0.1) is 6.92 Å². The normalized spacial score (nSPS) is 14.1.